The molecule has 0 spiro atoms. The van der Waals surface area contributed by atoms with Crippen molar-refractivity contribution in [3.05, 3.63) is 66.2 Å². The van der Waals surface area contributed by atoms with Crippen LogP contribution < -0.4 is 14.8 Å². The molecular formula is C21H16F3N5O3. The Hall–Kier alpha value is -4.15. The third kappa shape index (κ3) is 4.04. The van der Waals surface area contributed by atoms with E-state index in [1.807, 2.05) is 0 Å². The number of benzene rings is 2. The molecule has 4 aromatic rings. The minimum atomic E-state index is -4.73. The molecule has 0 unspecified atom stereocenters. The average Bonchev–Trinajstić information content (AvgIpc) is 3.19. The SMILES string of the molecule is COc1ccc(C(=O)Nc2cnc(-n3c(C(F)(F)F)nc4cc(OC)ccc43)cn2)cc1. The molecule has 8 nitrogen and oxygen atoms in total. The van der Waals surface area contributed by atoms with Crippen LogP contribution >= 0.6 is 0 Å². The van der Waals surface area contributed by atoms with E-state index >= 15 is 0 Å². The van der Waals surface area contributed by atoms with Crippen LogP contribution in [0.1, 0.15) is 16.2 Å². The zero-order chi connectivity index (χ0) is 22.9. The van der Waals surface area contributed by atoms with Crippen molar-refractivity contribution in [2.75, 3.05) is 19.5 Å². The van der Waals surface area contributed by atoms with Gasteiger partial charge in [0.2, 0.25) is 5.82 Å². The van der Waals surface area contributed by atoms with E-state index in [2.05, 4.69) is 20.3 Å². The van der Waals surface area contributed by atoms with E-state index in [4.69, 9.17) is 9.47 Å². The second kappa shape index (κ2) is 8.17. The summed E-state index contributed by atoms with van der Waals surface area (Å²) < 4.78 is 51.8. The number of rotatable bonds is 5. The summed E-state index contributed by atoms with van der Waals surface area (Å²) in [7, 11) is 2.92. The Morgan fingerprint density at radius 3 is 2.25 bits per heavy atom. The molecule has 164 valence electrons. The summed E-state index contributed by atoms with van der Waals surface area (Å²) in [4.78, 5) is 24.2. The molecule has 4 rings (SSSR count). The number of anilines is 1. The summed E-state index contributed by atoms with van der Waals surface area (Å²) >= 11 is 0. The number of carbonyl (C=O) groups is 1. The molecule has 0 atom stereocenters. The van der Waals surface area contributed by atoms with Gasteiger partial charge in [0.15, 0.2) is 11.6 Å². The highest BCUT2D eigenvalue weighted by Crippen LogP contribution is 2.34. The number of ether oxygens (including phenoxy) is 2. The number of fused-ring (bicyclic) bond motifs is 1. The van der Waals surface area contributed by atoms with Crippen molar-refractivity contribution in [3.8, 4) is 17.3 Å². The fourth-order valence-electron chi connectivity index (χ4n) is 3.04. The first-order chi connectivity index (χ1) is 15.3. The van der Waals surface area contributed by atoms with E-state index in [0.29, 0.717) is 17.1 Å². The van der Waals surface area contributed by atoms with Gasteiger partial charge < -0.3 is 14.8 Å². The number of nitrogens with zero attached hydrogens (tertiary/aromatic N) is 4. The highest BCUT2D eigenvalue weighted by atomic mass is 19.4. The van der Waals surface area contributed by atoms with Crippen molar-refractivity contribution in [3.63, 3.8) is 0 Å². The van der Waals surface area contributed by atoms with Crippen molar-refractivity contribution < 1.29 is 27.4 Å². The second-order valence-electron chi connectivity index (χ2n) is 6.57. The van der Waals surface area contributed by atoms with E-state index in [1.165, 1.54) is 38.6 Å². The third-order valence-electron chi connectivity index (χ3n) is 4.58. The first-order valence-electron chi connectivity index (χ1n) is 9.21. The van der Waals surface area contributed by atoms with Gasteiger partial charge >= 0.3 is 6.18 Å². The number of carbonyl (C=O) groups excluding carboxylic acids is 1. The molecular weight excluding hydrogens is 427 g/mol. The zero-order valence-corrected chi connectivity index (χ0v) is 16.8. The lowest BCUT2D eigenvalue weighted by molar-refractivity contribution is -0.145. The minimum Gasteiger partial charge on any atom is -0.497 e. The van der Waals surface area contributed by atoms with Crippen molar-refractivity contribution in [1.82, 2.24) is 19.5 Å². The molecule has 1 amide bonds. The molecule has 2 heterocycles. The highest BCUT2D eigenvalue weighted by molar-refractivity contribution is 6.03. The Bertz CT molecular complexity index is 1270. The van der Waals surface area contributed by atoms with E-state index in [1.54, 1.807) is 24.3 Å². The van der Waals surface area contributed by atoms with Gasteiger partial charge in [0.05, 0.1) is 37.6 Å². The number of methoxy groups -OCH3 is 2. The van der Waals surface area contributed by atoms with Gasteiger partial charge in [0, 0.05) is 11.6 Å². The molecule has 0 fully saturated rings. The maximum atomic E-state index is 13.6. The first-order valence-corrected chi connectivity index (χ1v) is 9.21. The van der Waals surface area contributed by atoms with Crippen LogP contribution in [0.15, 0.2) is 54.9 Å². The first kappa shape index (κ1) is 21.1. The van der Waals surface area contributed by atoms with Gasteiger partial charge in [0.1, 0.15) is 11.5 Å². The molecule has 0 bridgehead atoms. The molecule has 32 heavy (non-hydrogen) atoms. The third-order valence-corrected chi connectivity index (χ3v) is 4.58. The van der Waals surface area contributed by atoms with E-state index in [-0.39, 0.29) is 22.7 Å². The normalized spacial score (nSPS) is 11.4. The highest BCUT2D eigenvalue weighted by Gasteiger charge is 2.38. The van der Waals surface area contributed by atoms with E-state index in [9.17, 15) is 18.0 Å². The lowest BCUT2D eigenvalue weighted by atomic mass is 10.2. The van der Waals surface area contributed by atoms with Crippen molar-refractivity contribution in [1.29, 1.82) is 0 Å². The standard InChI is InChI=1S/C21H16F3N5O3/c1-31-13-5-3-12(4-6-13)19(30)28-17-10-26-18(11-25-17)29-16-8-7-14(32-2)9-15(16)27-20(29)21(22,23)24/h3-11H,1-2H3,(H,25,28,30). The number of hydrogen-bond acceptors (Lipinski definition) is 6. The summed E-state index contributed by atoms with van der Waals surface area (Å²) in [6, 6.07) is 10.8. The Morgan fingerprint density at radius 1 is 0.969 bits per heavy atom. The van der Waals surface area contributed by atoms with Gasteiger partial charge in [0.25, 0.3) is 5.91 Å². The summed E-state index contributed by atoms with van der Waals surface area (Å²) in [5, 5.41) is 2.55. The zero-order valence-electron chi connectivity index (χ0n) is 16.8. The van der Waals surface area contributed by atoms with Crippen LogP contribution in [0.4, 0.5) is 19.0 Å². The number of halogens is 3. The van der Waals surface area contributed by atoms with E-state index in [0.717, 1.165) is 10.8 Å². The topological polar surface area (TPSA) is 91.2 Å². The second-order valence-corrected chi connectivity index (χ2v) is 6.57. The Labute approximate surface area is 179 Å². The van der Waals surface area contributed by atoms with Crippen molar-refractivity contribution in [2.24, 2.45) is 0 Å². The average molecular weight is 443 g/mol. The van der Waals surface area contributed by atoms with Crippen LogP contribution in [-0.2, 0) is 6.18 Å². The molecule has 0 aliphatic heterocycles. The fourth-order valence-corrected chi connectivity index (χ4v) is 3.04. The lowest BCUT2D eigenvalue weighted by Gasteiger charge is -2.11. The maximum absolute atomic E-state index is 13.6. The van der Waals surface area contributed by atoms with Gasteiger partial charge in [-0.1, -0.05) is 0 Å². The molecule has 0 saturated heterocycles. The van der Waals surface area contributed by atoms with Gasteiger partial charge in [-0.3, -0.25) is 9.36 Å². The van der Waals surface area contributed by atoms with Gasteiger partial charge in [-0.25, -0.2) is 15.0 Å². The fraction of sp³-hybridized carbons (Fsp3) is 0.143. The van der Waals surface area contributed by atoms with Gasteiger partial charge in [-0.05, 0) is 36.4 Å². The number of alkyl halides is 3. The Morgan fingerprint density at radius 2 is 1.66 bits per heavy atom. The number of nitrogens with one attached hydrogen (secondary N) is 1. The van der Waals surface area contributed by atoms with Crippen molar-refractivity contribution in [2.45, 2.75) is 6.18 Å². The van der Waals surface area contributed by atoms with Crippen molar-refractivity contribution >= 4 is 22.8 Å². The summed E-state index contributed by atoms with van der Waals surface area (Å²) in [5.74, 6) is -0.660. The summed E-state index contributed by atoms with van der Waals surface area (Å²) in [6.45, 7) is 0. The number of hydrogen-bond donors (Lipinski definition) is 1. The van der Waals surface area contributed by atoms with Crippen LogP contribution in [0, 0.1) is 0 Å². The number of amides is 1. The predicted octanol–water partition coefficient (Wildman–Crippen LogP) is 4.10. The number of aromatic nitrogens is 4. The Balaban J connectivity index is 1.65. The Kier molecular flexibility index (Phi) is 5.39. The van der Waals surface area contributed by atoms with Crippen LogP contribution in [0.3, 0.4) is 0 Å². The van der Waals surface area contributed by atoms with E-state index < -0.39 is 17.9 Å². The number of imidazole rings is 1. The minimum absolute atomic E-state index is 0.0780. The molecule has 0 radical (unpaired) electrons. The van der Waals surface area contributed by atoms with Crippen LogP contribution in [0.2, 0.25) is 0 Å². The predicted molar refractivity (Wildman–Crippen MR) is 109 cm³/mol. The summed E-state index contributed by atoms with van der Waals surface area (Å²) in [6.07, 6.45) is -2.42. The largest absolute Gasteiger partial charge is 0.497 e. The monoisotopic (exact) mass is 443 g/mol. The summed E-state index contributed by atoms with van der Waals surface area (Å²) in [5.41, 5.74) is 0.628. The lowest BCUT2D eigenvalue weighted by Crippen LogP contribution is -2.16. The molecule has 2 aromatic carbocycles. The quantitative estimate of drug-likeness (QED) is 0.499. The maximum Gasteiger partial charge on any atom is 0.450 e. The molecule has 0 saturated carbocycles. The van der Waals surface area contributed by atoms with Crippen LogP contribution in [0.5, 0.6) is 11.5 Å². The van der Waals surface area contributed by atoms with Gasteiger partial charge in [-0.15, -0.1) is 0 Å². The molecule has 1 N–H and O–H groups in total. The molecule has 2 aromatic heterocycles. The molecule has 0 aliphatic rings. The molecule has 11 heteroatoms. The molecule has 0 aliphatic carbocycles. The van der Waals surface area contributed by atoms with Crippen LogP contribution in [-0.4, -0.2) is 39.6 Å². The van der Waals surface area contributed by atoms with Crippen LogP contribution in [0.25, 0.3) is 16.9 Å². The smallest absolute Gasteiger partial charge is 0.450 e. The van der Waals surface area contributed by atoms with Gasteiger partial charge in [-0.2, -0.15) is 13.2 Å².